The lowest BCUT2D eigenvalue weighted by molar-refractivity contribution is 0.337. The Kier molecular flexibility index (Phi) is 4.29. The predicted molar refractivity (Wildman–Crippen MR) is 87.1 cm³/mol. The van der Waals surface area contributed by atoms with Crippen LogP contribution in [-0.2, 0) is 0 Å². The van der Waals surface area contributed by atoms with Crippen LogP contribution in [0.4, 0.5) is 11.6 Å². The number of nitrogens with one attached hydrogen (secondary N) is 1. The van der Waals surface area contributed by atoms with Gasteiger partial charge in [0, 0.05) is 37.7 Å². The molecule has 21 heavy (non-hydrogen) atoms. The number of anilines is 2. The number of nitrogens with zero attached hydrogens (tertiary/aromatic N) is 4. The number of aromatic nitrogens is 2. The molecule has 1 N–H and O–H groups in total. The van der Waals surface area contributed by atoms with Crippen LogP contribution in [0.3, 0.4) is 0 Å². The van der Waals surface area contributed by atoms with Gasteiger partial charge in [-0.1, -0.05) is 0 Å². The molecule has 5 heteroatoms. The van der Waals surface area contributed by atoms with E-state index in [1.54, 1.807) is 0 Å². The monoisotopic (exact) mass is 289 g/mol. The van der Waals surface area contributed by atoms with Crippen LogP contribution < -0.4 is 10.2 Å². The van der Waals surface area contributed by atoms with Gasteiger partial charge in [0.25, 0.3) is 0 Å². The Morgan fingerprint density at radius 1 is 1.29 bits per heavy atom. The second-order valence-electron chi connectivity index (χ2n) is 6.43. The van der Waals surface area contributed by atoms with E-state index in [0.717, 1.165) is 37.1 Å². The van der Waals surface area contributed by atoms with E-state index in [4.69, 9.17) is 4.98 Å². The third-order valence-corrected chi connectivity index (χ3v) is 4.37. The van der Waals surface area contributed by atoms with Crippen LogP contribution in [0.5, 0.6) is 0 Å². The Labute approximate surface area is 127 Å². The fourth-order valence-electron chi connectivity index (χ4n) is 3.11. The highest BCUT2D eigenvalue weighted by atomic mass is 15.3. The molecule has 2 fully saturated rings. The maximum atomic E-state index is 4.87. The van der Waals surface area contributed by atoms with Gasteiger partial charge in [0.15, 0.2) is 0 Å². The molecule has 0 aromatic carbocycles. The Bertz CT molecular complexity index is 486. The van der Waals surface area contributed by atoms with Crippen molar-refractivity contribution in [3.05, 3.63) is 11.9 Å². The summed E-state index contributed by atoms with van der Waals surface area (Å²) >= 11 is 0. The molecule has 1 saturated heterocycles. The molecule has 1 atom stereocenters. The van der Waals surface area contributed by atoms with Crippen molar-refractivity contribution < 1.29 is 0 Å². The van der Waals surface area contributed by atoms with E-state index in [1.165, 1.54) is 25.8 Å². The van der Waals surface area contributed by atoms with Crippen molar-refractivity contribution in [3.8, 4) is 0 Å². The molecule has 1 saturated carbocycles. The van der Waals surface area contributed by atoms with Crippen molar-refractivity contribution in [1.82, 2.24) is 14.9 Å². The van der Waals surface area contributed by atoms with Gasteiger partial charge in [0.1, 0.15) is 17.5 Å². The van der Waals surface area contributed by atoms with Gasteiger partial charge in [-0.2, -0.15) is 0 Å². The minimum Gasteiger partial charge on any atom is -0.370 e. The quantitative estimate of drug-likeness (QED) is 0.921. The highest BCUT2D eigenvalue weighted by Gasteiger charge is 2.29. The SMILES string of the molecule is CCNc1cc(N2CCCN(C)CC2C)nc(C2CC2)n1. The Balaban J connectivity index is 1.88. The molecule has 0 bridgehead atoms. The van der Waals surface area contributed by atoms with Gasteiger partial charge < -0.3 is 15.1 Å². The summed E-state index contributed by atoms with van der Waals surface area (Å²) < 4.78 is 0. The van der Waals surface area contributed by atoms with Gasteiger partial charge >= 0.3 is 0 Å². The molecule has 1 aliphatic heterocycles. The summed E-state index contributed by atoms with van der Waals surface area (Å²) in [7, 11) is 2.21. The lowest BCUT2D eigenvalue weighted by atomic mass is 10.2. The molecule has 3 rings (SSSR count). The van der Waals surface area contributed by atoms with Crippen molar-refractivity contribution in [1.29, 1.82) is 0 Å². The van der Waals surface area contributed by atoms with Crippen molar-refractivity contribution in [2.75, 3.05) is 43.4 Å². The van der Waals surface area contributed by atoms with Crippen LogP contribution in [0.2, 0.25) is 0 Å². The van der Waals surface area contributed by atoms with Gasteiger partial charge in [0.2, 0.25) is 0 Å². The first-order valence-corrected chi connectivity index (χ1v) is 8.25. The highest BCUT2D eigenvalue weighted by Crippen LogP contribution is 2.39. The minimum absolute atomic E-state index is 0.494. The summed E-state index contributed by atoms with van der Waals surface area (Å²) in [5, 5.41) is 3.36. The first-order chi connectivity index (χ1) is 10.2. The summed E-state index contributed by atoms with van der Waals surface area (Å²) in [5.74, 6) is 3.71. The van der Waals surface area contributed by atoms with Gasteiger partial charge in [0.05, 0.1) is 0 Å². The molecule has 2 heterocycles. The van der Waals surface area contributed by atoms with Crippen molar-refractivity contribution in [2.24, 2.45) is 0 Å². The summed E-state index contributed by atoms with van der Waals surface area (Å²) in [4.78, 5) is 14.4. The molecule has 2 aliphatic rings. The maximum absolute atomic E-state index is 4.87. The van der Waals surface area contributed by atoms with Crippen LogP contribution in [0.25, 0.3) is 0 Å². The van der Waals surface area contributed by atoms with Crippen LogP contribution in [0, 0.1) is 0 Å². The molecule has 0 radical (unpaired) electrons. The van der Waals surface area contributed by atoms with Crippen LogP contribution in [0.15, 0.2) is 6.07 Å². The van der Waals surface area contributed by atoms with E-state index in [-0.39, 0.29) is 0 Å². The fourth-order valence-corrected chi connectivity index (χ4v) is 3.11. The Morgan fingerprint density at radius 2 is 2.10 bits per heavy atom. The average molecular weight is 289 g/mol. The lowest BCUT2D eigenvalue weighted by Gasteiger charge is -2.29. The molecule has 1 aromatic heterocycles. The zero-order valence-corrected chi connectivity index (χ0v) is 13.5. The molecule has 0 amide bonds. The number of rotatable bonds is 4. The normalized spacial score (nSPS) is 24.0. The number of hydrogen-bond donors (Lipinski definition) is 1. The van der Waals surface area contributed by atoms with Crippen molar-refractivity contribution in [2.45, 2.75) is 45.1 Å². The van der Waals surface area contributed by atoms with Crippen molar-refractivity contribution >= 4 is 11.6 Å². The van der Waals surface area contributed by atoms with Crippen LogP contribution in [0.1, 0.15) is 44.9 Å². The standard InChI is InChI=1S/C16H27N5/c1-4-17-14-10-15(19-16(18-14)13-6-7-13)21-9-5-8-20(3)11-12(21)2/h10,12-13H,4-9,11H2,1-3H3,(H,17,18,19). The number of hydrogen-bond acceptors (Lipinski definition) is 5. The van der Waals surface area contributed by atoms with Gasteiger partial charge in [-0.25, -0.2) is 9.97 Å². The van der Waals surface area contributed by atoms with E-state index in [2.05, 4.69) is 47.1 Å². The van der Waals surface area contributed by atoms with Crippen LogP contribution in [-0.4, -0.2) is 54.1 Å². The van der Waals surface area contributed by atoms with Crippen LogP contribution >= 0.6 is 0 Å². The predicted octanol–water partition coefficient (Wildman–Crippen LogP) is 2.32. The molecule has 0 spiro atoms. The first kappa shape index (κ1) is 14.6. The van der Waals surface area contributed by atoms with Crippen molar-refractivity contribution in [3.63, 3.8) is 0 Å². The smallest absolute Gasteiger partial charge is 0.136 e. The molecule has 116 valence electrons. The summed E-state index contributed by atoms with van der Waals surface area (Å²) in [6, 6.07) is 2.62. The summed E-state index contributed by atoms with van der Waals surface area (Å²) in [5.41, 5.74) is 0. The molecular weight excluding hydrogens is 262 g/mol. The van der Waals surface area contributed by atoms with E-state index in [0.29, 0.717) is 12.0 Å². The number of likely N-dealkylation sites (N-methyl/N-ethyl adjacent to an activating group) is 1. The Hall–Kier alpha value is -1.36. The molecular formula is C16H27N5. The lowest BCUT2D eigenvalue weighted by Crippen LogP contribution is -2.38. The van der Waals surface area contributed by atoms with Gasteiger partial charge in [-0.3, -0.25) is 0 Å². The Morgan fingerprint density at radius 3 is 2.81 bits per heavy atom. The van der Waals surface area contributed by atoms with Gasteiger partial charge in [-0.15, -0.1) is 0 Å². The van der Waals surface area contributed by atoms with E-state index >= 15 is 0 Å². The second-order valence-corrected chi connectivity index (χ2v) is 6.43. The van der Waals surface area contributed by atoms with E-state index in [1.807, 2.05) is 0 Å². The topological polar surface area (TPSA) is 44.3 Å². The van der Waals surface area contributed by atoms with E-state index < -0.39 is 0 Å². The second kappa shape index (κ2) is 6.18. The molecule has 5 nitrogen and oxygen atoms in total. The summed E-state index contributed by atoms with van der Waals surface area (Å²) in [6.07, 6.45) is 3.68. The van der Waals surface area contributed by atoms with E-state index in [9.17, 15) is 0 Å². The summed E-state index contributed by atoms with van der Waals surface area (Å²) in [6.45, 7) is 8.66. The zero-order valence-electron chi connectivity index (χ0n) is 13.5. The molecule has 1 aliphatic carbocycles. The highest BCUT2D eigenvalue weighted by molar-refractivity contribution is 5.50. The zero-order chi connectivity index (χ0) is 14.8. The molecule has 1 unspecified atom stereocenters. The maximum Gasteiger partial charge on any atom is 0.136 e. The average Bonchev–Trinajstić information content (AvgIpc) is 3.27. The first-order valence-electron chi connectivity index (χ1n) is 8.25. The third kappa shape index (κ3) is 3.46. The third-order valence-electron chi connectivity index (χ3n) is 4.37. The fraction of sp³-hybridized carbons (Fsp3) is 0.750. The largest absolute Gasteiger partial charge is 0.370 e. The minimum atomic E-state index is 0.494. The molecule has 1 aromatic rings. The van der Waals surface area contributed by atoms with Gasteiger partial charge in [-0.05, 0) is 46.7 Å².